The molecular formula is C19H22N2O. The molecule has 0 bridgehead atoms. The number of aliphatic hydroxyl groups excluding tert-OH is 1. The van der Waals surface area contributed by atoms with Crippen LogP contribution < -0.4 is 5.32 Å². The Morgan fingerprint density at radius 2 is 1.77 bits per heavy atom. The Bertz CT molecular complexity index is 745. The van der Waals surface area contributed by atoms with Crippen LogP contribution in [0.25, 0.3) is 10.9 Å². The van der Waals surface area contributed by atoms with Gasteiger partial charge in [-0.15, -0.1) is 0 Å². The van der Waals surface area contributed by atoms with E-state index in [0.717, 1.165) is 11.1 Å². The summed E-state index contributed by atoms with van der Waals surface area (Å²) in [6.45, 7) is 2.62. The van der Waals surface area contributed by atoms with Crippen molar-refractivity contribution in [1.29, 1.82) is 0 Å². The third-order valence-electron chi connectivity index (χ3n) is 4.13. The first-order chi connectivity index (χ1) is 10.7. The Morgan fingerprint density at radius 3 is 2.50 bits per heavy atom. The molecule has 3 aromatic rings. The van der Waals surface area contributed by atoms with Gasteiger partial charge in [0.15, 0.2) is 0 Å². The minimum atomic E-state index is -0.497. The molecule has 0 saturated heterocycles. The van der Waals surface area contributed by atoms with Crippen LogP contribution in [-0.4, -0.2) is 29.4 Å². The van der Waals surface area contributed by atoms with E-state index in [2.05, 4.69) is 65.5 Å². The summed E-state index contributed by atoms with van der Waals surface area (Å²) < 4.78 is 2.17. The molecule has 3 heteroatoms. The first-order valence-corrected chi connectivity index (χ1v) is 7.65. The van der Waals surface area contributed by atoms with Gasteiger partial charge in [-0.2, -0.15) is 0 Å². The first-order valence-electron chi connectivity index (χ1n) is 7.65. The van der Waals surface area contributed by atoms with Crippen molar-refractivity contribution in [2.45, 2.75) is 19.1 Å². The van der Waals surface area contributed by atoms with Gasteiger partial charge >= 0.3 is 0 Å². The highest BCUT2D eigenvalue weighted by atomic mass is 16.3. The molecule has 1 heterocycles. The minimum Gasteiger partial charge on any atom is -0.389 e. The largest absolute Gasteiger partial charge is 0.389 e. The number of para-hydroxylation sites is 1. The van der Waals surface area contributed by atoms with Crippen LogP contribution >= 0.6 is 0 Å². The smallest absolute Gasteiger partial charge is 0.0912 e. The second-order valence-electron chi connectivity index (χ2n) is 5.76. The molecule has 3 nitrogen and oxygen atoms in total. The maximum atomic E-state index is 10.7. The summed E-state index contributed by atoms with van der Waals surface area (Å²) in [6.07, 6.45) is 1.57. The van der Waals surface area contributed by atoms with Gasteiger partial charge in [-0.1, -0.05) is 48.0 Å². The Kier molecular flexibility index (Phi) is 4.27. The summed E-state index contributed by atoms with van der Waals surface area (Å²) in [5.74, 6) is 0. The number of benzene rings is 2. The highest BCUT2D eigenvalue weighted by Gasteiger charge is 2.23. The first kappa shape index (κ1) is 14.8. The summed E-state index contributed by atoms with van der Waals surface area (Å²) in [6, 6.07) is 18.7. The van der Waals surface area contributed by atoms with E-state index in [0.29, 0.717) is 6.54 Å². The number of hydrogen-bond acceptors (Lipinski definition) is 2. The van der Waals surface area contributed by atoms with Gasteiger partial charge in [0.25, 0.3) is 0 Å². The zero-order chi connectivity index (χ0) is 15.5. The zero-order valence-corrected chi connectivity index (χ0v) is 13.0. The molecule has 0 unspecified atom stereocenters. The van der Waals surface area contributed by atoms with Crippen molar-refractivity contribution in [3.8, 4) is 0 Å². The third-order valence-corrected chi connectivity index (χ3v) is 4.13. The highest BCUT2D eigenvalue weighted by molar-refractivity contribution is 5.80. The monoisotopic (exact) mass is 294 g/mol. The van der Waals surface area contributed by atoms with Gasteiger partial charge in [0, 0.05) is 18.3 Å². The molecule has 0 aliphatic heterocycles. The maximum absolute atomic E-state index is 10.7. The van der Waals surface area contributed by atoms with E-state index < -0.39 is 6.10 Å². The van der Waals surface area contributed by atoms with Crippen LogP contribution in [0.4, 0.5) is 0 Å². The lowest BCUT2D eigenvalue weighted by Crippen LogP contribution is -2.33. The molecule has 0 aliphatic rings. The van der Waals surface area contributed by atoms with E-state index >= 15 is 0 Å². The summed E-state index contributed by atoms with van der Waals surface area (Å²) in [5.41, 5.74) is 3.49. The van der Waals surface area contributed by atoms with Gasteiger partial charge in [-0.3, -0.25) is 0 Å². The topological polar surface area (TPSA) is 37.2 Å². The molecule has 0 aliphatic carbocycles. The number of rotatable bonds is 5. The van der Waals surface area contributed by atoms with Crippen LogP contribution in [0.1, 0.15) is 17.2 Å². The van der Waals surface area contributed by atoms with Crippen LogP contribution in [0.15, 0.2) is 60.8 Å². The van der Waals surface area contributed by atoms with Crippen LogP contribution in [0.3, 0.4) is 0 Å². The van der Waals surface area contributed by atoms with E-state index in [1.54, 1.807) is 0 Å². The van der Waals surface area contributed by atoms with Crippen LogP contribution in [0.2, 0.25) is 0 Å². The fourth-order valence-corrected chi connectivity index (χ4v) is 3.00. The van der Waals surface area contributed by atoms with E-state index in [1.807, 2.05) is 19.2 Å². The van der Waals surface area contributed by atoms with Crippen molar-refractivity contribution in [3.63, 3.8) is 0 Å². The lowest BCUT2D eigenvalue weighted by atomic mass is 9.99. The molecule has 114 valence electrons. The van der Waals surface area contributed by atoms with Crippen LogP contribution in [-0.2, 0) is 0 Å². The van der Waals surface area contributed by atoms with Crippen molar-refractivity contribution in [2.24, 2.45) is 0 Å². The van der Waals surface area contributed by atoms with E-state index in [1.165, 1.54) is 10.9 Å². The minimum absolute atomic E-state index is 0.104. The Morgan fingerprint density at radius 1 is 1.05 bits per heavy atom. The van der Waals surface area contributed by atoms with Crippen molar-refractivity contribution in [2.75, 3.05) is 13.6 Å². The lowest BCUT2D eigenvalue weighted by Gasteiger charge is -2.26. The van der Waals surface area contributed by atoms with Crippen molar-refractivity contribution in [1.82, 2.24) is 9.88 Å². The van der Waals surface area contributed by atoms with E-state index in [9.17, 15) is 5.11 Å². The number of aryl methyl sites for hydroxylation is 1. The number of aromatic nitrogens is 1. The highest BCUT2D eigenvalue weighted by Crippen LogP contribution is 2.28. The summed E-state index contributed by atoms with van der Waals surface area (Å²) in [4.78, 5) is 0. The second-order valence-corrected chi connectivity index (χ2v) is 5.76. The lowest BCUT2D eigenvalue weighted by molar-refractivity contribution is 0.132. The van der Waals surface area contributed by atoms with Gasteiger partial charge in [0.05, 0.1) is 12.1 Å². The zero-order valence-electron chi connectivity index (χ0n) is 13.0. The SMILES string of the molecule is CNC[C@@H](O)[C@H](c1ccc(C)cc1)n1ccc2ccccc21. The summed E-state index contributed by atoms with van der Waals surface area (Å²) >= 11 is 0. The van der Waals surface area contributed by atoms with Gasteiger partial charge in [-0.05, 0) is 37.1 Å². The van der Waals surface area contributed by atoms with Gasteiger partial charge < -0.3 is 15.0 Å². The predicted molar refractivity (Wildman–Crippen MR) is 91.2 cm³/mol. The van der Waals surface area contributed by atoms with Gasteiger partial charge in [0.1, 0.15) is 0 Å². The third kappa shape index (κ3) is 2.78. The number of nitrogens with one attached hydrogen (secondary N) is 1. The molecule has 0 amide bonds. The van der Waals surface area contributed by atoms with Crippen molar-refractivity contribution >= 4 is 10.9 Å². The van der Waals surface area contributed by atoms with E-state index in [-0.39, 0.29) is 6.04 Å². The average Bonchev–Trinajstić information content (AvgIpc) is 2.94. The molecule has 2 atom stereocenters. The fraction of sp³-hybridized carbons (Fsp3) is 0.263. The number of hydrogen-bond donors (Lipinski definition) is 2. The summed E-state index contributed by atoms with van der Waals surface area (Å²) in [7, 11) is 1.86. The molecule has 0 spiro atoms. The molecular weight excluding hydrogens is 272 g/mol. The number of nitrogens with zero attached hydrogens (tertiary/aromatic N) is 1. The average molecular weight is 294 g/mol. The number of fused-ring (bicyclic) bond motifs is 1. The maximum Gasteiger partial charge on any atom is 0.0912 e. The van der Waals surface area contributed by atoms with Gasteiger partial charge in [-0.25, -0.2) is 0 Å². The molecule has 0 fully saturated rings. The van der Waals surface area contributed by atoms with Gasteiger partial charge in [0.2, 0.25) is 0 Å². The quantitative estimate of drug-likeness (QED) is 0.758. The fourth-order valence-electron chi connectivity index (χ4n) is 3.00. The van der Waals surface area contributed by atoms with E-state index in [4.69, 9.17) is 0 Å². The summed E-state index contributed by atoms with van der Waals surface area (Å²) in [5, 5.41) is 14.9. The molecule has 22 heavy (non-hydrogen) atoms. The predicted octanol–water partition coefficient (Wildman–Crippen LogP) is 3.12. The van der Waals surface area contributed by atoms with Crippen molar-refractivity contribution in [3.05, 3.63) is 71.9 Å². The standard InChI is InChI=1S/C19H22N2O/c1-14-7-9-16(10-8-14)19(18(22)13-20-2)21-12-11-15-5-3-4-6-17(15)21/h3-12,18-20,22H,13H2,1-2H3/t18-,19+/m1/s1. The molecule has 2 aromatic carbocycles. The number of likely N-dealkylation sites (N-methyl/N-ethyl adjacent to an activating group) is 1. The Hall–Kier alpha value is -2.10. The molecule has 0 saturated carbocycles. The molecule has 2 N–H and O–H groups in total. The molecule has 1 aromatic heterocycles. The Labute approximate surface area is 131 Å². The van der Waals surface area contributed by atoms with Crippen molar-refractivity contribution < 1.29 is 5.11 Å². The second kappa shape index (κ2) is 6.34. The number of aliphatic hydroxyl groups is 1. The van der Waals surface area contributed by atoms with Crippen LogP contribution in [0.5, 0.6) is 0 Å². The molecule has 0 radical (unpaired) electrons. The van der Waals surface area contributed by atoms with Crippen LogP contribution in [0, 0.1) is 6.92 Å². The Balaban J connectivity index is 2.10. The normalized spacial score (nSPS) is 14.1. The molecule has 3 rings (SSSR count).